The Morgan fingerprint density at radius 1 is 1.50 bits per heavy atom. The van der Waals surface area contributed by atoms with E-state index in [9.17, 15) is 0 Å². The number of ether oxygens (including phenoxy) is 1. The highest BCUT2D eigenvalue weighted by atomic mass is 35.5. The van der Waals surface area contributed by atoms with Gasteiger partial charge in [0, 0.05) is 19.5 Å². The number of halogens is 2. The van der Waals surface area contributed by atoms with Crippen molar-refractivity contribution in [3.05, 3.63) is 0 Å². The average molecular weight is 219 g/mol. The Kier molecular flexibility index (Phi) is 11.8. The lowest BCUT2D eigenvalue weighted by molar-refractivity contribution is 0.00265. The van der Waals surface area contributed by atoms with Crippen LogP contribution in [0.15, 0.2) is 0 Å². The maximum atomic E-state index is 5.38. The third kappa shape index (κ3) is 5.99. The van der Waals surface area contributed by atoms with E-state index in [-0.39, 0.29) is 30.9 Å². The second kappa shape index (κ2) is 9.51. The van der Waals surface area contributed by atoms with Gasteiger partial charge in [0.25, 0.3) is 0 Å². The Balaban J connectivity index is 0. The second-order valence-electron chi connectivity index (χ2n) is 2.36. The van der Waals surface area contributed by atoms with Crippen molar-refractivity contribution in [2.24, 2.45) is 5.90 Å². The van der Waals surface area contributed by atoms with Crippen LogP contribution < -0.4 is 11.2 Å². The van der Waals surface area contributed by atoms with Crippen molar-refractivity contribution in [3.8, 4) is 0 Å². The number of hydrogen-bond donors (Lipinski definition) is 2. The molecule has 1 aliphatic rings. The van der Waals surface area contributed by atoms with Crippen molar-refractivity contribution in [2.45, 2.75) is 12.5 Å². The molecule has 0 bridgehead atoms. The van der Waals surface area contributed by atoms with Gasteiger partial charge >= 0.3 is 0 Å². The number of nitrogens with one attached hydrogen (secondary N) is 1. The molecule has 0 aromatic carbocycles. The first-order valence-corrected chi connectivity index (χ1v) is 3.57. The van der Waals surface area contributed by atoms with Crippen LogP contribution in [0.25, 0.3) is 0 Å². The van der Waals surface area contributed by atoms with E-state index in [1.54, 1.807) is 0 Å². The van der Waals surface area contributed by atoms with Gasteiger partial charge in [0.05, 0.1) is 19.3 Å². The van der Waals surface area contributed by atoms with Gasteiger partial charge in [0.15, 0.2) is 0 Å². The molecule has 12 heavy (non-hydrogen) atoms. The fraction of sp³-hybridized carbons (Fsp3) is 1.00. The zero-order valence-electron chi connectivity index (χ0n) is 6.82. The topological polar surface area (TPSA) is 56.5 Å². The summed E-state index contributed by atoms with van der Waals surface area (Å²) >= 11 is 0. The molecule has 1 fully saturated rings. The van der Waals surface area contributed by atoms with Crippen LogP contribution in [0, 0.1) is 0 Å². The molecular formula is C6H16Cl2N2O2. The number of hydrogen-bond acceptors (Lipinski definition) is 4. The van der Waals surface area contributed by atoms with Gasteiger partial charge in [-0.3, -0.25) is 0 Å². The molecule has 0 amide bonds. The third-order valence-electron chi connectivity index (χ3n) is 1.56. The van der Waals surface area contributed by atoms with Crippen molar-refractivity contribution >= 4 is 24.8 Å². The molecule has 1 aliphatic heterocycles. The van der Waals surface area contributed by atoms with Crippen LogP contribution in [0.1, 0.15) is 6.42 Å². The molecule has 0 spiro atoms. The average Bonchev–Trinajstić information content (AvgIpc) is 2.03. The molecule has 1 saturated heterocycles. The van der Waals surface area contributed by atoms with Gasteiger partial charge in [-0.1, -0.05) is 0 Å². The lowest BCUT2D eigenvalue weighted by Gasteiger charge is -2.22. The molecule has 76 valence electrons. The minimum Gasteiger partial charge on any atom is -0.375 e. The van der Waals surface area contributed by atoms with E-state index in [0.29, 0.717) is 6.61 Å². The SMILES string of the molecule is Cl.Cl.NOCCC1CNCCO1. The molecule has 1 unspecified atom stereocenters. The Hall–Kier alpha value is 0.420. The Bertz CT molecular complexity index is 91.6. The van der Waals surface area contributed by atoms with Crippen LogP contribution in [0.3, 0.4) is 0 Å². The highest BCUT2D eigenvalue weighted by Gasteiger charge is 2.11. The van der Waals surface area contributed by atoms with E-state index >= 15 is 0 Å². The standard InChI is InChI=1S/C6H14N2O2.2ClH/c7-10-3-1-6-5-8-2-4-9-6;;/h6,8H,1-5,7H2;2*1H. The maximum Gasteiger partial charge on any atom is 0.0722 e. The highest BCUT2D eigenvalue weighted by Crippen LogP contribution is 1.99. The van der Waals surface area contributed by atoms with Gasteiger partial charge in [-0.05, 0) is 0 Å². The minimum atomic E-state index is 0. The van der Waals surface area contributed by atoms with Gasteiger partial charge in [-0.15, -0.1) is 24.8 Å². The molecule has 0 aromatic rings. The Morgan fingerprint density at radius 2 is 2.25 bits per heavy atom. The summed E-state index contributed by atoms with van der Waals surface area (Å²) in [6.45, 7) is 3.25. The number of morpholine rings is 1. The summed E-state index contributed by atoms with van der Waals surface area (Å²) in [4.78, 5) is 4.44. The van der Waals surface area contributed by atoms with Crippen molar-refractivity contribution in [3.63, 3.8) is 0 Å². The summed E-state index contributed by atoms with van der Waals surface area (Å²) in [5.74, 6) is 4.87. The minimum absolute atomic E-state index is 0. The van der Waals surface area contributed by atoms with Gasteiger partial charge in [0.1, 0.15) is 0 Å². The first kappa shape index (κ1) is 14.9. The van der Waals surface area contributed by atoms with Gasteiger partial charge in [-0.25, -0.2) is 5.90 Å². The molecule has 4 nitrogen and oxygen atoms in total. The summed E-state index contributed by atoms with van der Waals surface area (Å²) in [5, 5.41) is 3.22. The lowest BCUT2D eigenvalue weighted by Crippen LogP contribution is -2.39. The quantitative estimate of drug-likeness (QED) is 0.661. The van der Waals surface area contributed by atoms with Crippen LogP contribution in [0.2, 0.25) is 0 Å². The van der Waals surface area contributed by atoms with Crippen molar-refractivity contribution in [1.82, 2.24) is 5.32 Å². The van der Waals surface area contributed by atoms with Crippen molar-refractivity contribution in [1.29, 1.82) is 0 Å². The summed E-state index contributed by atoms with van der Waals surface area (Å²) in [5.41, 5.74) is 0. The van der Waals surface area contributed by atoms with Crippen LogP contribution in [-0.2, 0) is 9.57 Å². The molecule has 0 saturated carbocycles. The molecule has 0 radical (unpaired) electrons. The molecule has 1 rings (SSSR count). The molecular weight excluding hydrogens is 203 g/mol. The molecule has 6 heteroatoms. The molecule has 1 atom stereocenters. The Morgan fingerprint density at radius 3 is 2.75 bits per heavy atom. The first-order chi connectivity index (χ1) is 4.93. The van der Waals surface area contributed by atoms with Gasteiger partial charge in [-0.2, -0.15) is 0 Å². The van der Waals surface area contributed by atoms with Crippen LogP contribution in [-0.4, -0.2) is 32.4 Å². The monoisotopic (exact) mass is 218 g/mol. The summed E-state index contributed by atoms with van der Waals surface area (Å²) in [6.07, 6.45) is 1.17. The fourth-order valence-electron chi connectivity index (χ4n) is 1.00. The summed E-state index contributed by atoms with van der Waals surface area (Å²) in [7, 11) is 0. The highest BCUT2D eigenvalue weighted by molar-refractivity contribution is 5.85. The normalized spacial score (nSPS) is 22.2. The van der Waals surface area contributed by atoms with Crippen LogP contribution in [0.5, 0.6) is 0 Å². The zero-order chi connectivity index (χ0) is 7.23. The number of nitrogens with two attached hydrogens (primary N) is 1. The first-order valence-electron chi connectivity index (χ1n) is 3.57. The van der Waals surface area contributed by atoms with E-state index in [1.807, 2.05) is 0 Å². The van der Waals surface area contributed by atoms with E-state index < -0.39 is 0 Å². The fourth-order valence-corrected chi connectivity index (χ4v) is 1.00. The molecule has 1 heterocycles. The van der Waals surface area contributed by atoms with E-state index in [4.69, 9.17) is 10.6 Å². The second-order valence-corrected chi connectivity index (χ2v) is 2.36. The summed E-state index contributed by atoms with van der Waals surface area (Å²) in [6, 6.07) is 0. The van der Waals surface area contributed by atoms with E-state index in [2.05, 4.69) is 10.2 Å². The summed E-state index contributed by atoms with van der Waals surface area (Å²) < 4.78 is 5.38. The largest absolute Gasteiger partial charge is 0.375 e. The van der Waals surface area contributed by atoms with Crippen LogP contribution in [0.4, 0.5) is 0 Å². The third-order valence-corrected chi connectivity index (χ3v) is 1.56. The van der Waals surface area contributed by atoms with E-state index in [0.717, 1.165) is 26.1 Å². The van der Waals surface area contributed by atoms with E-state index in [1.165, 1.54) is 0 Å². The predicted molar refractivity (Wildman–Crippen MR) is 51.9 cm³/mol. The molecule has 3 N–H and O–H groups in total. The lowest BCUT2D eigenvalue weighted by atomic mass is 10.2. The van der Waals surface area contributed by atoms with Crippen molar-refractivity contribution in [2.75, 3.05) is 26.3 Å². The maximum absolute atomic E-state index is 5.38. The predicted octanol–water partition coefficient (Wildman–Crippen LogP) is 0.0988. The van der Waals surface area contributed by atoms with Crippen LogP contribution >= 0.6 is 24.8 Å². The zero-order valence-corrected chi connectivity index (χ0v) is 8.46. The molecule has 0 aliphatic carbocycles. The van der Waals surface area contributed by atoms with Gasteiger partial charge < -0.3 is 14.9 Å². The Labute approximate surface area is 84.9 Å². The van der Waals surface area contributed by atoms with Gasteiger partial charge in [0.2, 0.25) is 0 Å². The number of rotatable bonds is 3. The smallest absolute Gasteiger partial charge is 0.0722 e. The molecule has 0 aromatic heterocycles. The van der Waals surface area contributed by atoms with Crippen molar-refractivity contribution < 1.29 is 9.57 Å².